The fourth-order valence-corrected chi connectivity index (χ4v) is 5.05. The van der Waals surface area contributed by atoms with Crippen LogP contribution in [0.15, 0.2) is 78.0 Å². The molecule has 1 saturated heterocycles. The lowest BCUT2D eigenvalue weighted by Crippen LogP contribution is -2.48. The van der Waals surface area contributed by atoms with Crippen LogP contribution in [0, 0.1) is 5.82 Å². The Balaban J connectivity index is 1.03. The van der Waals surface area contributed by atoms with Gasteiger partial charge in [-0.05, 0) is 54.1 Å². The van der Waals surface area contributed by atoms with Crippen LogP contribution in [0.1, 0.15) is 15.9 Å². The van der Waals surface area contributed by atoms with E-state index in [2.05, 4.69) is 25.1 Å². The molecule has 1 aromatic heterocycles. The van der Waals surface area contributed by atoms with Crippen molar-refractivity contribution in [2.45, 2.75) is 10.9 Å². The molecule has 1 fully saturated rings. The molecule has 0 bridgehead atoms. The largest absolute Gasteiger partial charge is 0.369 e. The molecule has 0 saturated carbocycles. The minimum atomic E-state index is -0.209. The predicted molar refractivity (Wildman–Crippen MR) is 139 cm³/mol. The molecule has 1 aliphatic rings. The molecule has 180 valence electrons. The summed E-state index contributed by atoms with van der Waals surface area (Å²) >= 11 is 1.65. The second-order valence-corrected chi connectivity index (χ2v) is 9.57. The quantitative estimate of drug-likeness (QED) is 0.356. The fraction of sp³-hybridized carbons (Fsp3) is 0.259. The van der Waals surface area contributed by atoms with Crippen molar-refractivity contribution in [1.29, 1.82) is 0 Å². The van der Waals surface area contributed by atoms with E-state index < -0.39 is 0 Å². The van der Waals surface area contributed by atoms with Gasteiger partial charge in [0.1, 0.15) is 5.82 Å². The van der Waals surface area contributed by atoms with E-state index in [9.17, 15) is 9.18 Å². The maximum Gasteiger partial charge on any atom is 0.251 e. The van der Waals surface area contributed by atoms with Gasteiger partial charge in [-0.25, -0.2) is 9.37 Å². The van der Waals surface area contributed by atoms with Crippen molar-refractivity contribution in [1.82, 2.24) is 20.2 Å². The third-order valence-electron chi connectivity index (χ3n) is 6.24. The molecule has 8 heteroatoms. The lowest BCUT2D eigenvalue weighted by Gasteiger charge is -2.36. The first kappa shape index (κ1) is 23.4. The number of piperazine rings is 1. The average Bonchev–Trinajstić information content (AvgIpc) is 3.32. The van der Waals surface area contributed by atoms with Gasteiger partial charge in [-0.1, -0.05) is 36.0 Å². The molecule has 1 amide bonds. The number of imidazole rings is 1. The van der Waals surface area contributed by atoms with Gasteiger partial charge in [-0.3, -0.25) is 9.69 Å². The highest BCUT2D eigenvalue weighted by atomic mass is 32.2. The molecule has 0 spiro atoms. The molecule has 4 aromatic rings. The molecule has 2 heterocycles. The van der Waals surface area contributed by atoms with Crippen LogP contribution in [0.25, 0.3) is 11.0 Å². The smallest absolute Gasteiger partial charge is 0.251 e. The number of aromatic nitrogens is 2. The number of para-hydroxylation sites is 2. The van der Waals surface area contributed by atoms with E-state index >= 15 is 0 Å². The molecule has 0 aliphatic carbocycles. The Labute approximate surface area is 208 Å². The number of anilines is 1. The number of hydrogen-bond acceptors (Lipinski definition) is 5. The second-order valence-electron chi connectivity index (χ2n) is 8.61. The lowest BCUT2D eigenvalue weighted by molar-refractivity contribution is 0.0948. The van der Waals surface area contributed by atoms with Gasteiger partial charge < -0.3 is 15.2 Å². The van der Waals surface area contributed by atoms with Crippen LogP contribution in [-0.2, 0) is 5.75 Å². The number of rotatable bonds is 8. The average molecular weight is 490 g/mol. The van der Waals surface area contributed by atoms with E-state index in [1.807, 2.05) is 60.7 Å². The Morgan fingerprint density at radius 1 is 0.971 bits per heavy atom. The van der Waals surface area contributed by atoms with Crippen LogP contribution >= 0.6 is 11.8 Å². The van der Waals surface area contributed by atoms with Gasteiger partial charge in [0.05, 0.1) is 11.0 Å². The standard InChI is InChI=1S/C27H28FN5OS/c28-22-9-11-23(12-10-22)33-17-15-32(16-18-33)14-13-29-26(34)21-7-5-20(6-8-21)19-35-27-30-24-3-1-2-4-25(24)31-27/h1-12H,13-19H2,(H,29,34)(H,30,31). The third-order valence-corrected chi connectivity index (χ3v) is 7.18. The zero-order valence-corrected chi connectivity index (χ0v) is 20.2. The number of aromatic amines is 1. The number of nitrogens with zero attached hydrogens (tertiary/aromatic N) is 3. The van der Waals surface area contributed by atoms with Crippen molar-refractivity contribution in [3.05, 3.63) is 89.7 Å². The zero-order valence-electron chi connectivity index (χ0n) is 19.4. The predicted octanol–water partition coefficient (Wildman–Crippen LogP) is 4.55. The Hall–Kier alpha value is -3.36. The van der Waals surface area contributed by atoms with Crippen LogP contribution in [0.2, 0.25) is 0 Å². The van der Waals surface area contributed by atoms with Crippen LogP contribution in [0.4, 0.5) is 10.1 Å². The summed E-state index contributed by atoms with van der Waals surface area (Å²) in [6, 6.07) is 22.4. The van der Waals surface area contributed by atoms with Crippen LogP contribution in [0.3, 0.4) is 0 Å². The summed E-state index contributed by atoms with van der Waals surface area (Å²) in [6.07, 6.45) is 0. The van der Waals surface area contributed by atoms with E-state index in [1.165, 1.54) is 12.1 Å². The number of carbonyl (C=O) groups excluding carboxylic acids is 1. The molecule has 0 unspecified atom stereocenters. The SMILES string of the molecule is O=C(NCCN1CCN(c2ccc(F)cc2)CC1)c1ccc(CSc2nc3ccccc3[nH]2)cc1. The Morgan fingerprint density at radius 2 is 1.71 bits per heavy atom. The highest BCUT2D eigenvalue weighted by Gasteiger charge is 2.17. The number of H-pyrrole nitrogens is 1. The van der Waals surface area contributed by atoms with Gasteiger partial charge in [0.25, 0.3) is 5.91 Å². The summed E-state index contributed by atoms with van der Waals surface area (Å²) in [7, 11) is 0. The van der Waals surface area contributed by atoms with E-state index in [-0.39, 0.29) is 11.7 Å². The molecule has 35 heavy (non-hydrogen) atoms. The summed E-state index contributed by atoms with van der Waals surface area (Å²) in [6.45, 7) is 5.06. The Morgan fingerprint density at radius 3 is 2.46 bits per heavy atom. The maximum absolute atomic E-state index is 13.1. The molecule has 0 atom stereocenters. The summed E-state index contributed by atoms with van der Waals surface area (Å²) in [5.74, 6) is 0.525. The van der Waals surface area contributed by atoms with E-state index in [1.54, 1.807) is 11.8 Å². The van der Waals surface area contributed by atoms with Gasteiger partial charge in [0.2, 0.25) is 0 Å². The van der Waals surface area contributed by atoms with Crippen LogP contribution < -0.4 is 10.2 Å². The van der Waals surface area contributed by atoms with Gasteiger partial charge >= 0.3 is 0 Å². The number of benzene rings is 3. The molecule has 2 N–H and O–H groups in total. The summed E-state index contributed by atoms with van der Waals surface area (Å²) in [5.41, 5.74) is 4.88. The highest BCUT2D eigenvalue weighted by molar-refractivity contribution is 7.98. The van der Waals surface area contributed by atoms with Gasteiger partial charge in [-0.2, -0.15) is 0 Å². The first-order chi connectivity index (χ1) is 17.1. The zero-order chi connectivity index (χ0) is 24.0. The topological polar surface area (TPSA) is 64.3 Å². The normalized spacial score (nSPS) is 14.4. The molecule has 6 nitrogen and oxygen atoms in total. The van der Waals surface area contributed by atoms with Gasteiger partial charge in [0, 0.05) is 56.3 Å². The van der Waals surface area contributed by atoms with Gasteiger partial charge in [0.15, 0.2) is 5.16 Å². The summed E-state index contributed by atoms with van der Waals surface area (Å²) in [4.78, 5) is 25.1. The maximum atomic E-state index is 13.1. The van der Waals surface area contributed by atoms with Crippen molar-refractivity contribution in [3.63, 3.8) is 0 Å². The number of halogens is 1. The summed E-state index contributed by atoms with van der Waals surface area (Å²) in [5, 5.41) is 3.93. The van der Waals surface area contributed by atoms with Crippen molar-refractivity contribution >= 4 is 34.4 Å². The van der Waals surface area contributed by atoms with Crippen molar-refractivity contribution < 1.29 is 9.18 Å². The van der Waals surface area contributed by atoms with Crippen molar-refractivity contribution in [2.24, 2.45) is 0 Å². The fourth-order valence-electron chi connectivity index (χ4n) is 4.21. The van der Waals surface area contributed by atoms with E-state index in [0.29, 0.717) is 12.1 Å². The van der Waals surface area contributed by atoms with E-state index in [4.69, 9.17) is 0 Å². The molecular formula is C27H28FN5OS. The lowest BCUT2D eigenvalue weighted by atomic mass is 10.1. The summed E-state index contributed by atoms with van der Waals surface area (Å²) < 4.78 is 13.1. The number of nitrogens with one attached hydrogen (secondary N) is 2. The van der Waals surface area contributed by atoms with Crippen molar-refractivity contribution in [3.8, 4) is 0 Å². The van der Waals surface area contributed by atoms with E-state index in [0.717, 1.165) is 65.9 Å². The first-order valence-electron chi connectivity index (χ1n) is 11.8. The molecule has 1 aliphatic heterocycles. The minimum Gasteiger partial charge on any atom is -0.369 e. The number of fused-ring (bicyclic) bond motifs is 1. The Kier molecular flexibility index (Phi) is 7.30. The molecule has 5 rings (SSSR count). The monoisotopic (exact) mass is 489 g/mol. The minimum absolute atomic E-state index is 0.0496. The van der Waals surface area contributed by atoms with Crippen LogP contribution in [-0.4, -0.2) is 60.0 Å². The number of carbonyl (C=O) groups is 1. The number of amides is 1. The molecule has 3 aromatic carbocycles. The molecular weight excluding hydrogens is 461 g/mol. The number of hydrogen-bond donors (Lipinski definition) is 2. The van der Waals surface area contributed by atoms with Crippen LogP contribution in [0.5, 0.6) is 0 Å². The third kappa shape index (κ3) is 6.01. The van der Waals surface area contributed by atoms with Gasteiger partial charge in [-0.15, -0.1) is 0 Å². The van der Waals surface area contributed by atoms with Crippen molar-refractivity contribution in [2.75, 3.05) is 44.2 Å². The molecule has 0 radical (unpaired) electrons. The highest BCUT2D eigenvalue weighted by Crippen LogP contribution is 2.23. The number of thioether (sulfide) groups is 1. The Bertz CT molecular complexity index is 1230. The second kappa shape index (κ2) is 10.9. The first-order valence-corrected chi connectivity index (χ1v) is 12.8.